The molecule has 0 amide bonds. The Morgan fingerprint density at radius 1 is 1.40 bits per heavy atom. The molecular weight excluding hydrogens is 252 g/mol. The molecule has 2 atom stereocenters. The Morgan fingerprint density at radius 2 is 2.30 bits per heavy atom. The highest BCUT2D eigenvalue weighted by atomic mass is 16.5. The molecule has 2 aliphatic rings. The number of nitrogens with two attached hydrogens (primary N) is 1. The van der Waals surface area contributed by atoms with Gasteiger partial charge in [0.1, 0.15) is 5.82 Å². The van der Waals surface area contributed by atoms with Crippen molar-refractivity contribution in [3.8, 4) is 5.88 Å². The van der Waals surface area contributed by atoms with Crippen LogP contribution in [-0.4, -0.2) is 41.7 Å². The first-order valence-corrected chi connectivity index (χ1v) is 7.68. The van der Waals surface area contributed by atoms with Gasteiger partial charge in [0.15, 0.2) is 0 Å². The fraction of sp³-hybridized carbons (Fsp3) is 0.667. The number of hydrogen-bond donors (Lipinski definition) is 2. The molecule has 2 unspecified atom stereocenters. The summed E-state index contributed by atoms with van der Waals surface area (Å²) < 4.78 is 5.59. The molecule has 20 heavy (non-hydrogen) atoms. The van der Waals surface area contributed by atoms with Crippen molar-refractivity contribution in [2.24, 2.45) is 0 Å². The standard InChI is InChI=1S/C15H24N4O/c1-2-10-20-15-11(16)5-6-14(18-15)17-12-7-9-19-8-3-4-13(12)19/h5-6,12-13H,2-4,7-10,16H2,1H3,(H,17,18). The number of rotatable bonds is 5. The summed E-state index contributed by atoms with van der Waals surface area (Å²) >= 11 is 0. The van der Waals surface area contributed by atoms with Crippen LogP contribution < -0.4 is 15.8 Å². The van der Waals surface area contributed by atoms with E-state index in [4.69, 9.17) is 10.5 Å². The van der Waals surface area contributed by atoms with Crippen molar-refractivity contribution in [3.05, 3.63) is 12.1 Å². The third kappa shape index (κ3) is 2.68. The summed E-state index contributed by atoms with van der Waals surface area (Å²) in [7, 11) is 0. The third-order valence-electron chi connectivity index (χ3n) is 4.27. The minimum Gasteiger partial charge on any atom is -0.476 e. The third-order valence-corrected chi connectivity index (χ3v) is 4.27. The number of aromatic nitrogens is 1. The van der Waals surface area contributed by atoms with Gasteiger partial charge in [-0.2, -0.15) is 4.98 Å². The van der Waals surface area contributed by atoms with Crippen molar-refractivity contribution < 1.29 is 4.74 Å². The van der Waals surface area contributed by atoms with Gasteiger partial charge >= 0.3 is 0 Å². The lowest BCUT2D eigenvalue weighted by Gasteiger charge is -2.22. The number of nitrogen functional groups attached to an aromatic ring is 1. The lowest BCUT2D eigenvalue weighted by molar-refractivity contribution is 0.307. The number of fused-ring (bicyclic) bond motifs is 1. The molecule has 0 spiro atoms. The molecule has 0 aliphatic carbocycles. The summed E-state index contributed by atoms with van der Waals surface area (Å²) in [5.74, 6) is 1.43. The molecule has 0 aromatic carbocycles. The second kappa shape index (κ2) is 5.87. The van der Waals surface area contributed by atoms with E-state index in [-0.39, 0.29) is 0 Å². The second-order valence-electron chi connectivity index (χ2n) is 5.72. The summed E-state index contributed by atoms with van der Waals surface area (Å²) in [5, 5.41) is 3.57. The second-order valence-corrected chi connectivity index (χ2v) is 5.72. The Labute approximate surface area is 120 Å². The van der Waals surface area contributed by atoms with Crippen LogP contribution in [0.15, 0.2) is 12.1 Å². The fourth-order valence-electron chi connectivity index (χ4n) is 3.29. The molecule has 3 rings (SSSR count). The maximum atomic E-state index is 5.90. The Balaban J connectivity index is 1.68. The molecule has 1 aromatic heterocycles. The smallest absolute Gasteiger partial charge is 0.239 e. The van der Waals surface area contributed by atoms with Crippen LogP contribution in [0.3, 0.4) is 0 Å². The molecule has 2 fully saturated rings. The van der Waals surface area contributed by atoms with Gasteiger partial charge in [0.05, 0.1) is 12.3 Å². The van der Waals surface area contributed by atoms with Crippen LogP contribution in [0, 0.1) is 0 Å². The van der Waals surface area contributed by atoms with Crippen LogP contribution in [0.1, 0.15) is 32.6 Å². The highest BCUT2D eigenvalue weighted by Crippen LogP contribution is 2.30. The lowest BCUT2D eigenvalue weighted by atomic mass is 10.1. The highest BCUT2D eigenvalue weighted by Gasteiger charge is 2.37. The van der Waals surface area contributed by atoms with Crippen LogP contribution >= 0.6 is 0 Å². The summed E-state index contributed by atoms with van der Waals surface area (Å²) in [6.07, 6.45) is 4.77. The zero-order valence-electron chi connectivity index (χ0n) is 12.1. The Hall–Kier alpha value is -1.49. The van der Waals surface area contributed by atoms with E-state index in [9.17, 15) is 0 Å². The van der Waals surface area contributed by atoms with Gasteiger partial charge < -0.3 is 15.8 Å². The van der Waals surface area contributed by atoms with E-state index in [0.717, 1.165) is 12.2 Å². The molecule has 3 N–H and O–H groups in total. The van der Waals surface area contributed by atoms with Gasteiger partial charge in [0.25, 0.3) is 0 Å². The molecular formula is C15H24N4O. The fourth-order valence-corrected chi connectivity index (χ4v) is 3.29. The molecule has 110 valence electrons. The zero-order chi connectivity index (χ0) is 13.9. The maximum Gasteiger partial charge on any atom is 0.239 e. The normalized spacial score (nSPS) is 25.6. The van der Waals surface area contributed by atoms with Crippen molar-refractivity contribution in [3.63, 3.8) is 0 Å². The van der Waals surface area contributed by atoms with E-state index < -0.39 is 0 Å². The van der Waals surface area contributed by atoms with Crippen LogP contribution in [0.2, 0.25) is 0 Å². The van der Waals surface area contributed by atoms with Crippen LogP contribution in [0.25, 0.3) is 0 Å². The van der Waals surface area contributed by atoms with Gasteiger partial charge in [-0.15, -0.1) is 0 Å². The van der Waals surface area contributed by atoms with E-state index in [0.29, 0.717) is 30.3 Å². The summed E-state index contributed by atoms with van der Waals surface area (Å²) in [4.78, 5) is 7.10. The molecule has 1 aromatic rings. The van der Waals surface area contributed by atoms with E-state index in [2.05, 4.69) is 22.1 Å². The number of ether oxygens (including phenoxy) is 1. The van der Waals surface area contributed by atoms with Gasteiger partial charge in [-0.25, -0.2) is 0 Å². The molecule has 3 heterocycles. The Kier molecular flexibility index (Phi) is 3.96. The topological polar surface area (TPSA) is 63.4 Å². The minimum atomic E-state index is 0.507. The average Bonchev–Trinajstić information content (AvgIpc) is 3.04. The Bertz CT molecular complexity index is 465. The zero-order valence-corrected chi connectivity index (χ0v) is 12.1. The van der Waals surface area contributed by atoms with Crippen LogP contribution in [0.4, 0.5) is 11.5 Å². The predicted molar refractivity (Wildman–Crippen MR) is 81.1 cm³/mol. The van der Waals surface area contributed by atoms with Crippen LogP contribution in [0.5, 0.6) is 5.88 Å². The number of anilines is 2. The van der Waals surface area contributed by atoms with Crippen molar-refractivity contribution in [1.29, 1.82) is 0 Å². The predicted octanol–water partition coefficient (Wildman–Crippen LogP) is 2.10. The van der Waals surface area contributed by atoms with Gasteiger partial charge in [-0.1, -0.05) is 6.92 Å². The monoisotopic (exact) mass is 276 g/mol. The molecule has 5 nitrogen and oxygen atoms in total. The minimum absolute atomic E-state index is 0.507. The van der Waals surface area contributed by atoms with Crippen molar-refractivity contribution >= 4 is 11.5 Å². The van der Waals surface area contributed by atoms with Crippen LogP contribution in [-0.2, 0) is 0 Å². The van der Waals surface area contributed by atoms with E-state index in [1.165, 1.54) is 32.4 Å². The molecule has 0 bridgehead atoms. The lowest BCUT2D eigenvalue weighted by Crippen LogP contribution is -2.34. The number of hydrogen-bond acceptors (Lipinski definition) is 5. The number of pyridine rings is 1. The van der Waals surface area contributed by atoms with Crippen molar-refractivity contribution in [1.82, 2.24) is 9.88 Å². The summed E-state index contributed by atoms with van der Waals surface area (Å²) in [5.41, 5.74) is 6.51. The first-order chi connectivity index (χ1) is 9.78. The van der Waals surface area contributed by atoms with Gasteiger partial charge in [0, 0.05) is 18.6 Å². The van der Waals surface area contributed by atoms with E-state index >= 15 is 0 Å². The first-order valence-electron chi connectivity index (χ1n) is 7.68. The van der Waals surface area contributed by atoms with Gasteiger partial charge in [-0.3, -0.25) is 4.90 Å². The van der Waals surface area contributed by atoms with Gasteiger partial charge in [-0.05, 0) is 44.4 Å². The maximum absolute atomic E-state index is 5.90. The van der Waals surface area contributed by atoms with E-state index in [1.54, 1.807) is 0 Å². The number of nitrogens with zero attached hydrogens (tertiary/aromatic N) is 2. The molecule has 0 saturated carbocycles. The average molecular weight is 276 g/mol. The first kappa shape index (κ1) is 13.5. The van der Waals surface area contributed by atoms with E-state index in [1.807, 2.05) is 12.1 Å². The molecule has 0 radical (unpaired) electrons. The van der Waals surface area contributed by atoms with Crippen molar-refractivity contribution in [2.75, 3.05) is 30.7 Å². The SMILES string of the molecule is CCCOc1nc(NC2CCN3CCCC23)ccc1N. The largest absolute Gasteiger partial charge is 0.476 e. The van der Waals surface area contributed by atoms with Gasteiger partial charge in [0.2, 0.25) is 5.88 Å². The summed E-state index contributed by atoms with van der Waals surface area (Å²) in [6, 6.07) is 5.01. The molecule has 2 saturated heterocycles. The molecule has 2 aliphatic heterocycles. The molecule has 5 heteroatoms. The number of nitrogens with one attached hydrogen (secondary N) is 1. The van der Waals surface area contributed by atoms with Crippen molar-refractivity contribution in [2.45, 2.75) is 44.7 Å². The summed E-state index contributed by atoms with van der Waals surface area (Å²) in [6.45, 7) is 5.19. The quantitative estimate of drug-likeness (QED) is 0.862. The Morgan fingerprint density at radius 3 is 3.15 bits per heavy atom. The highest BCUT2D eigenvalue weighted by molar-refractivity contribution is 5.54.